The molecule has 1 aliphatic heterocycles. The van der Waals surface area contributed by atoms with Crippen molar-refractivity contribution in [2.24, 2.45) is 7.05 Å². The number of aromatic nitrogens is 3. The molecule has 0 bridgehead atoms. The Hall–Kier alpha value is -1.81. The zero-order valence-corrected chi connectivity index (χ0v) is 16.6. The first-order chi connectivity index (χ1) is 12.3. The predicted molar refractivity (Wildman–Crippen MR) is 98.5 cm³/mol. The third kappa shape index (κ3) is 3.80. The van der Waals surface area contributed by atoms with Gasteiger partial charge in [-0.15, -0.1) is 10.2 Å². The van der Waals surface area contributed by atoms with Crippen LogP contribution in [0.4, 0.5) is 0 Å². The minimum absolute atomic E-state index is 0.0522. The van der Waals surface area contributed by atoms with E-state index >= 15 is 0 Å². The molecular weight excluding hydrogens is 376 g/mol. The van der Waals surface area contributed by atoms with Gasteiger partial charge in [0.15, 0.2) is 26.6 Å². The molecule has 2 aromatic heterocycles. The molecule has 3 heterocycles. The smallest absolute Gasteiger partial charge is 0.236 e. The van der Waals surface area contributed by atoms with Gasteiger partial charge in [-0.25, -0.2) is 8.42 Å². The fraction of sp³-hybridized carbons (Fsp3) is 0.562. The third-order valence-electron chi connectivity index (χ3n) is 4.48. The topological polar surface area (TPSA) is 98.3 Å². The van der Waals surface area contributed by atoms with Crippen molar-refractivity contribution < 1.29 is 17.6 Å². The second kappa shape index (κ2) is 7.43. The Morgan fingerprint density at radius 3 is 2.85 bits per heavy atom. The minimum atomic E-state index is -3.03. The quantitative estimate of drug-likeness (QED) is 0.682. The Labute approximate surface area is 156 Å². The number of rotatable bonds is 6. The van der Waals surface area contributed by atoms with Crippen molar-refractivity contribution >= 4 is 27.5 Å². The van der Waals surface area contributed by atoms with Crippen molar-refractivity contribution in [2.75, 3.05) is 18.1 Å². The van der Waals surface area contributed by atoms with Crippen molar-refractivity contribution in [1.29, 1.82) is 0 Å². The van der Waals surface area contributed by atoms with Gasteiger partial charge < -0.3 is 13.9 Å². The Kier molecular flexibility index (Phi) is 5.42. The standard InChI is InChI=1S/C16H22N4O4S2/c1-4-20(12-7-9-26(22,23)10-12)15(21)11(2)25-16-18-17-14(19(16)3)13-6-5-8-24-13/h5-6,8,11-12H,4,7,9-10H2,1-3H3/t11-,12+/m1/s1. The van der Waals surface area contributed by atoms with Gasteiger partial charge >= 0.3 is 0 Å². The van der Waals surface area contributed by atoms with E-state index in [0.29, 0.717) is 29.7 Å². The van der Waals surface area contributed by atoms with Crippen molar-refractivity contribution in [2.45, 2.75) is 36.7 Å². The number of hydrogen-bond donors (Lipinski definition) is 0. The van der Waals surface area contributed by atoms with Gasteiger partial charge in [-0.2, -0.15) is 0 Å². The van der Waals surface area contributed by atoms with Gasteiger partial charge in [0, 0.05) is 19.6 Å². The lowest BCUT2D eigenvalue weighted by atomic mass is 10.2. The highest BCUT2D eigenvalue weighted by molar-refractivity contribution is 8.00. The van der Waals surface area contributed by atoms with Gasteiger partial charge in [0.05, 0.1) is 23.0 Å². The Morgan fingerprint density at radius 1 is 1.50 bits per heavy atom. The highest BCUT2D eigenvalue weighted by Crippen LogP contribution is 2.28. The van der Waals surface area contributed by atoms with Gasteiger partial charge in [-0.05, 0) is 32.4 Å². The van der Waals surface area contributed by atoms with E-state index in [9.17, 15) is 13.2 Å². The zero-order chi connectivity index (χ0) is 18.9. The average Bonchev–Trinajstić information content (AvgIpc) is 3.30. The summed E-state index contributed by atoms with van der Waals surface area (Å²) in [6.07, 6.45) is 2.07. The zero-order valence-electron chi connectivity index (χ0n) is 15.0. The molecule has 26 heavy (non-hydrogen) atoms. The summed E-state index contributed by atoms with van der Waals surface area (Å²) in [7, 11) is -1.22. The summed E-state index contributed by atoms with van der Waals surface area (Å²) in [6.45, 7) is 4.16. The van der Waals surface area contributed by atoms with Crippen LogP contribution < -0.4 is 0 Å². The summed E-state index contributed by atoms with van der Waals surface area (Å²) in [5.41, 5.74) is 0. The van der Waals surface area contributed by atoms with E-state index in [0.717, 1.165) is 0 Å². The average molecular weight is 399 g/mol. The second-order valence-electron chi connectivity index (χ2n) is 6.28. The Bertz CT molecular complexity index is 876. The maximum Gasteiger partial charge on any atom is 0.236 e. The highest BCUT2D eigenvalue weighted by Gasteiger charge is 2.35. The predicted octanol–water partition coefficient (Wildman–Crippen LogP) is 1.59. The fourth-order valence-electron chi connectivity index (χ4n) is 3.10. The van der Waals surface area contributed by atoms with Crippen LogP contribution in [-0.2, 0) is 21.7 Å². The van der Waals surface area contributed by atoms with Gasteiger partial charge in [-0.3, -0.25) is 4.79 Å². The molecule has 1 fully saturated rings. The van der Waals surface area contributed by atoms with Crippen molar-refractivity contribution in [1.82, 2.24) is 19.7 Å². The lowest BCUT2D eigenvalue weighted by Crippen LogP contribution is -2.44. The first-order valence-corrected chi connectivity index (χ1v) is 11.1. The summed E-state index contributed by atoms with van der Waals surface area (Å²) in [5, 5.41) is 8.48. The van der Waals surface area contributed by atoms with Crippen LogP contribution in [-0.4, -0.2) is 63.3 Å². The number of carbonyl (C=O) groups excluding carboxylic acids is 1. The number of sulfone groups is 1. The number of thioether (sulfide) groups is 1. The molecule has 10 heteroatoms. The first kappa shape index (κ1) is 19.0. The second-order valence-corrected chi connectivity index (χ2v) is 9.82. The normalized spacial score (nSPS) is 20.2. The van der Waals surface area contributed by atoms with E-state index in [1.54, 1.807) is 34.8 Å². The molecule has 3 rings (SSSR count). The van der Waals surface area contributed by atoms with Crippen LogP contribution >= 0.6 is 11.8 Å². The molecule has 1 aliphatic rings. The molecule has 0 unspecified atom stereocenters. The van der Waals surface area contributed by atoms with E-state index in [-0.39, 0.29) is 23.5 Å². The fourth-order valence-corrected chi connectivity index (χ4v) is 5.71. The Balaban J connectivity index is 1.71. The number of amides is 1. The molecule has 2 aromatic rings. The number of hydrogen-bond acceptors (Lipinski definition) is 7. The van der Waals surface area contributed by atoms with Crippen LogP contribution in [0.2, 0.25) is 0 Å². The summed E-state index contributed by atoms with van der Waals surface area (Å²) < 4.78 is 30.6. The summed E-state index contributed by atoms with van der Waals surface area (Å²) in [4.78, 5) is 14.5. The van der Waals surface area contributed by atoms with Crippen molar-refractivity contribution in [3.05, 3.63) is 18.4 Å². The Morgan fingerprint density at radius 2 is 2.27 bits per heavy atom. The molecule has 0 aliphatic carbocycles. The molecular formula is C16H22N4O4S2. The summed E-state index contributed by atoms with van der Waals surface area (Å²) in [6, 6.07) is 3.34. The molecule has 1 saturated heterocycles. The van der Waals surface area contributed by atoms with Crippen LogP contribution in [0.15, 0.2) is 28.0 Å². The number of furan rings is 1. The van der Waals surface area contributed by atoms with Crippen molar-refractivity contribution in [3.8, 4) is 11.6 Å². The first-order valence-electron chi connectivity index (χ1n) is 8.43. The van der Waals surface area contributed by atoms with E-state index in [2.05, 4.69) is 10.2 Å². The summed E-state index contributed by atoms with van der Waals surface area (Å²) in [5.74, 6) is 1.32. The third-order valence-corrected chi connectivity index (χ3v) is 7.35. The van der Waals surface area contributed by atoms with Gasteiger partial charge in [-0.1, -0.05) is 11.8 Å². The monoisotopic (exact) mass is 398 g/mol. The SMILES string of the molecule is CCN(C(=O)[C@@H](C)Sc1nnc(-c2ccco2)n1C)[C@H]1CCS(=O)(=O)C1. The van der Waals surface area contributed by atoms with Gasteiger partial charge in [0.2, 0.25) is 5.91 Å². The maximum absolute atomic E-state index is 12.9. The molecule has 0 radical (unpaired) electrons. The van der Waals surface area contributed by atoms with Gasteiger partial charge in [0.1, 0.15) is 0 Å². The van der Waals surface area contributed by atoms with E-state index in [1.807, 2.05) is 14.0 Å². The van der Waals surface area contributed by atoms with Crippen molar-refractivity contribution in [3.63, 3.8) is 0 Å². The molecule has 2 atom stereocenters. The highest BCUT2D eigenvalue weighted by atomic mass is 32.2. The van der Waals surface area contributed by atoms with Gasteiger partial charge in [0.25, 0.3) is 0 Å². The summed E-state index contributed by atoms with van der Waals surface area (Å²) >= 11 is 1.31. The largest absolute Gasteiger partial charge is 0.461 e. The van der Waals surface area contributed by atoms with Crippen LogP contribution in [0.1, 0.15) is 20.3 Å². The van der Waals surface area contributed by atoms with Crippen LogP contribution in [0.25, 0.3) is 11.6 Å². The lowest BCUT2D eigenvalue weighted by molar-refractivity contribution is -0.131. The minimum Gasteiger partial charge on any atom is -0.461 e. The lowest BCUT2D eigenvalue weighted by Gasteiger charge is -2.29. The molecule has 1 amide bonds. The molecule has 8 nitrogen and oxygen atoms in total. The molecule has 0 N–H and O–H groups in total. The molecule has 142 valence electrons. The number of carbonyl (C=O) groups is 1. The number of nitrogens with zero attached hydrogens (tertiary/aromatic N) is 4. The molecule has 0 saturated carbocycles. The van der Waals surface area contributed by atoms with E-state index in [1.165, 1.54) is 11.8 Å². The molecule has 0 spiro atoms. The molecule has 0 aromatic carbocycles. The maximum atomic E-state index is 12.9. The van der Waals surface area contributed by atoms with Crippen LogP contribution in [0.3, 0.4) is 0 Å². The van der Waals surface area contributed by atoms with Crippen LogP contribution in [0, 0.1) is 0 Å². The van der Waals surface area contributed by atoms with E-state index < -0.39 is 15.1 Å². The van der Waals surface area contributed by atoms with Crippen LogP contribution in [0.5, 0.6) is 0 Å². The van der Waals surface area contributed by atoms with E-state index in [4.69, 9.17) is 4.42 Å².